The zero-order chi connectivity index (χ0) is 17.8. The zero-order valence-electron chi connectivity index (χ0n) is 13.9. The van der Waals surface area contributed by atoms with E-state index in [-0.39, 0.29) is 6.03 Å². The van der Waals surface area contributed by atoms with E-state index in [1.54, 1.807) is 24.3 Å². The summed E-state index contributed by atoms with van der Waals surface area (Å²) in [7, 11) is 0. The first-order valence-corrected chi connectivity index (χ1v) is 8.02. The van der Waals surface area contributed by atoms with Crippen molar-refractivity contribution < 1.29 is 9.21 Å². The van der Waals surface area contributed by atoms with Crippen LogP contribution in [0.4, 0.5) is 16.2 Å². The maximum Gasteiger partial charge on any atom is 0.420 e. The van der Waals surface area contributed by atoms with Crippen LogP contribution in [0.3, 0.4) is 0 Å². The number of aromatic nitrogens is 1. The summed E-state index contributed by atoms with van der Waals surface area (Å²) >= 11 is 0. The molecule has 0 aliphatic heterocycles. The Kier molecular flexibility index (Phi) is 4.70. The number of rotatable bonds is 5. The summed E-state index contributed by atoms with van der Waals surface area (Å²) in [5.74, 6) is -0.451. The number of hydrogen-bond donors (Lipinski definition) is 2. The highest BCUT2D eigenvalue weighted by atomic mass is 16.4. The number of carbonyl (C=O) groups excluding carboxylic acids is 1. The van der Waals surface area contributed by atoms with Gasteiger partial charge in [-0.15, -0.1) is 6.58 Å². The number of benzene rings is 2. The predicted octanol–water partition coefficient (Wildman–Crippen LogP) is 3.99. The van der Waals surface area contributed by atoms with Crippen molar-refractivity contribution in [3.8, 4) is 0 Å². The summed E-state index contributed by atoms with van der Waals surface area (Å²) in [6, 6.07) is 12.4. The molecule has 3 rings (SSSR count). The van der Waals surface area contributed by atoms with Crippen molar-refractivity contribution in [1.29, 1.82) is 0 Å². The molecule has 0 saturated heterocycles. The number of carbonyl (C=O) groups is 1. The lowest BCUT2D eigenvalue weighted by atomic mass is 10.1. The van der Waals surface area contributed by atoms with E-state index in [1.165, 1.54) is 10.1 Å². The molecular formula is C19H19N3O3. The minimum atomic E-state index is -0.451. The third-order valence-electron chi connectivity index (χ3n) is 3.86. The topological polar surface area (TPSA) is 76.3 Å². The molecule has 2 amide bonds. The number of hydrogen-bond acceptors (Lipinski definition) is 3. The fourth-order valence-electron chi connectivity index (χ4n) is 2.56. The van der Waals surface area contributed by atoms with Crippen LogP contribution in [0.15, 0.2) is 64.3 Å². The second kappa shape index (κ2) is 7.09. The van der Waals surface area contributed by atoms with Crippen LogP contribution in [0, 0.1) is 0 Å². The van der Waals surface area contributed by atoms with E-state index in [2.05, 4.69) is 24.1 Å². The average molecular weight is 337 g/mol. The summed E-state index contributed by atoms with van der Waals surface area (Å²) in [5.41, 5.74) is 3.52. The molecule has 0 aliphatic carbocycles. The summed E-state index contributed by atoms with van der Waals surface area (Å²) in [6.07, 6.45) is 2.57. The lowest BCUT2D eigenvalue weighted by molar-refractivity contribution is 0.262. The summed E-state index contributed by atoms with van der Waals surface area (Å²) in [6.45, 7) is 6.07. The molecule has 2 N–H and O–H groups in total. The van der Waals surface area contributed by atoms with Crippen LogP contribution in [-0.4, -0.2) is 10.6 Å². The van der Waals surface area contributed by atoms with Crippen molar-refractivity contribution >= 4 is 28.5 Å². The van der Waals surface area contributed by atoms with Crippen LogP contribution in [0.1, 0.15) is 12.5 Å². The second-order valence-corrected chi connectivity index (χ2v) is 5.58. The van der Waals surface area contributed by atoms with Gasteiger partial charge in [-0.25, -0.2) is 9.59 Å². The fraction of sp³-hybridized carbons (Fsp3) is 0.158. The fourth-order valence-corrected chi connectivity index (χ4v) is 2.56. The van der Waals surface area contributed by atoms with Gasteiger partial charge in [0.15, 0.2) is 5.58 Å². The quantitative estimate of drug-likeness (QED) is 0.691. The number of oxazole rings is 1. The molecule has 0 unspecified atom stereocenters. The molecule has 6 heteroatoms. The molecule has 0 bridgehead atoms. The third kappa shape index (κ3) is 3.63. The van der Waals surface area contributed by atoms with Crippen molar-refractivity contribution in [3.05, 3.63) is 71.2 Å². The van der Waals surface area contributed by atoms with Gasteiger partial charge in [-0.2, -0.15) is 0 Å². The smallest absolute Gasteiger partial charge is 0.408 e. The number of nitrogens with zero attached hydrogens (tertiary/aromatic N) is 1. The number of anilines is 2. The van der Waals surface area contributed by atoms with Crippen molar-refractivity contribution in [2.45, 2.75) is 19.9 Å². The van der Waals surface area contributed by atoms with Gasteiger partial charge in [-0.05, 0) is 36.2 Å². The van der Waals surface area contributed by atoms with Gasteiger partial charge < -0.3 is 15.1 Å². The Labute approximate surface area is 144 Å². The summed E-state index contributed by atoms with van der Waals surface area (Å²) < 4.78 is 6.68. The van der Waals surface area contributed by atoms with E-state index in [0.29, 0.717) is 29.0 Å². The number of allylic oxidation sites excluding steroid dienone is 1. The number of nitrogens with one attached hydrogen (secondary N) is 2. The first-order valence-electron chi connectivity index (χ1n) is 8.02. The standard InChI is InChI=1S/C19H19N3O3/c1-3-11-22-16-10-9-15(12-17(16)25-19(22)24)21-18(23)20-14-7-5-13(4-2)6-8-14/h3,5-10,12H,1,4,11H2,2H3,(H2,20,21,23). The highest BCUT2D eigenvalue weighted by Gasteiger charge is 2.10. The molecule has 0 spiro atoms. The monoisotopic (exact) mass is 337 g/mol. The molecule has 1 heterocycles. The molecule has 0 saturated carbocycles. The Hall–Kier alpha value is -3.28. The minimum absolute atomic E-state index is 0.364. The number of urea groups is 1. The van der Waals surface area contributed by atoms with Gasteiger partial charge in [0, 0.05) is 24.0 Å². The second-order valence-electron chi connectivity index (χ2n) is 5.58. The predicted molar refractivity (Wildman–Crippen MR) is 99.1 cm³/mol. The molecule has 128 valence electrons. The lowest BCUT2D eigenvalue weighted by Crippen LogP contribution is -2.19. The molecule has 0 fully saturated rings. The molecular weight excluding hydrogens is 318 g/mol. The van der Waals surface area contributed by atoms with Crippen LogP contribution in [0.2, 0.25) is 0 Å². The molecule has 1 aromatic heterocycles. The largest absolute Gasteiger partial charge is 0.420 e. The molecule has 3 aromatic rings. The van der Waals surface area contributed by atoms with Crippen LogP contribution in [0.25, 0.3) is 11.1 Å². The summed E-state index contributed by atoms with van der Waals surface area (Å²) in [4.78, 5) is 23.9. The number of fused-ring (bicyclic) bond motifs is 1. The molecule has 6 nitrogen and oxygen atoms in total. The van der Waals surface area contributed by atoms with E-state index >= 15 is 0 Å². The SMILES string of the molecule is C=CCn1c(=O)oc2cc(NC(=O)Nc3ccc(CC)cc3)ccc21. The van der Waals surface area contributed by atoms with E-state index in [1.807, 2.05) is 24.3 Å². The van der Waals surface area contributed by atoms with Crippen LogP contribution in [-0.2, 0) is 13.0 Å². The number of aryl methyl sites for hydroxylation is 1. The molecule has 25 heavy (non-hydrogen) atoms. The van der Waals surface area contributed by atoms with Crippen LogP contribution < -0.4 is 16.4 Å². The Balaban J connectivity index is 1.74. The van der Waals surface area contributed by atoms with Gasteiger partial charge in [0.25, 0.3) is 0 Å². The van der Waals surface area contributed by atoms with E-state index in [0.717, 1.165) is 6.42 Å². The first kappa shape index (κ1) is 16.6. The van der Waals surface area contributed by atoms with Crippen LogP contribution >= 0.6 is 0 Å². The van der Waals surface area contributed by atoms with Crippen molar-refractivity contribution in [1.82, 2.24) is 4.57 Å². The van der Waals surface area contributed by atoms with Crippen molar-refractivity contribution in [2.75, 3.05) is 10.6 Å². The van der Waals surface area contributed by atoms with Crippen molar-refractivity contribution in [2.24, 2.45) is 0 Å². The Morgan fingerprint density at radius 1 is 1.16 bits per heavy atom. The van der Waals surface area contributed by atoms with Gasteiger partial charge in [0.05, 0.1) is 5.52 Å². The molecule has 0 radical (unpaired) electrons. The maximum absolute atomic E-state index is 12.1. The lowest BCUT2D eigenvalue weighted by Gasteiger charge is -2.08. The normalized spacial score (nSPS) is 10.6. The van der Waals surface area contributed by atoms with E-state index < -0.39 is 5.76 Å². The zero-order valence-corrected chi connectivity index (χ0v) is 13.9. The highest BCUT2D eigenvalue weighted by Crippen LogP contribution is 2.19. The number of amides is 2. The Morgan fingerprint density at radius 3 is 2.52 bits per heavy atom. The van der Waals surface area contributed by atoms with Gasteiger partial charge in [-0.1, -0.05) is 25.1 Å². The molecule has 0 atom stereocenters. The van der Waals surface area contributed by atoms with E-state index in [4.69, 9.17) is 4.42 Å². The first-order chi connectivity index (χ1) is 12.1. The Morgan fingerprint density at radius 2 is 1.84 bits per heavy atom. The Bertz CT molecular complexity index is 968. The minimum Gasteiger partial charge on any atom is -0.408 e. The average Bonchev–Trinajstić information content (AvgIpc) is 2.91. The van der Waals surface area contributed by atoms with Gasteiger partial charge in [0.2, 0.25) is 0 Å². The third-order valence-corrected chi connectivity index (χ3v) is 3.86. The van der Waals surface area contributed by atoms with Crippen molar-refractivity contribution in [3.63, 3.8) is 0 Å². The molecule has 0 aliphatic rings. The summed E-state index contributed by atoms with van der Waals surface area (Å²) in [5, 5.41) is 5.50. The van der Waals surface area contributed by atoms with E-state index in [9.17, 15) is 9.59 Å². The maximum atomic E-state index is 12.1. The van der Waals surface area contributed by atoms with Gasteiger partial charge in [0.1, 0.15) is 0 Å². The highest BCUT2D eigenvalue weighted by molar-refractivity contribution is 6.00. The van der Waals surface area contributed by atoms with Gasteiger partial charge >= 0.3 is 11.8 Å². The molecule has 2 aromatic carbocycles. The van der Waals surface area contributed by atoms with Crippen LogP contribution in [0.5, 0.6) is 0 Å². The van der Waals surface area contributed by atoms with Gasteiger partial charge in [-0.3, -0.25) is 4.57 Å².